The van der Waals surface area contributed by atoms with E-state index in [1.54, 1.807) is 11.3 Å². The van der Waals surface area contributed by atoms with Gasteiger partial charge in [-0.1, -0.05) is 13.0 Å². The first-order valence-electron chi connectivity index (χ1n) is 7.03. The van der Waals surface area contributed by atoms with Crippen molar-refractivity contribution in [3.05, 3.63) is 28.8 Å². The Hall–Kier alpha value is -0.970. The Kier molecular flexibility index (Phi) is 3.56. The maximum absolute atomic E-state index is 5.91. The van der Waals surface area contributed by atoms with Crippen LogP contribution < -0.4 is 11.1 Å². The summed E-state index contributed by atoms with van der Waals surface area (Å²) < 4.78 is 1.24. The first-order chi connectivity index (χ1) is 9.13. The highest BCUT2D eigenvalue weighted by Gasteiger charge is 2.19. The second kappa shape index (κ2) is 5.19. The Labute approximate surface area is 118 Å². The van der Waals surface area contributed by atoms with Crippen LogP contribution in [0.15, 0.2) is 18.2 Å². The molecule has 0 radical (unpaired) electrons. The molecule has 1 fully saturated rings. The minimum atomic E-state index is 0.0227. The van der Waals surface area contributed by atoms with Crippen LogP contribution in [0, 0.1) is 5.92 Å². The SMILES string of the molecule is CC(N)c1nc2cc([C@H]3CC[C@H](C)CN3)ccc2s1. The van der Waals surface area contributed by atoms with E-state index in [1.165, 1.54) is 23.1 Å². The second-order valence-corrected chi connectivity index (χ2v) is 6.77. The van der Waals surface area contributed by atoms with Crippen molar-refractivity contribution in [1.82, 2.24) is 10.3 Å². The molecule has 2 heterocycles. The molecule has 2 aromatic rings. The summed E-state index contributed by atoms with van der Waals surface area (Å²) in [5.74, 6) is 0.795. The van der Waals surface area contributed by atoms with E-state index in [-0.39, 0.29) is 6.04 Å². The predicted octanol–water partition coefficient (Wildman–Crippen LogP) is 3.38. The van der Waals surface area contributed by atoms with Crippen molar-refractivity contribution in [3.8, 4) is 0 Å². The Bertz CT molecular complexity index is 568. The standard InChI is InChI=1S/C15H21N3S/c1-9-3-5-12(17-8-9)11-4-6-14-13(7-11)18-15(19-14)10(2)16/h4,6-7,9-10,12,17H,3,5,8,16H2,1-2H3/t9-,10?,12+/m0/s1. The first-order valence-corrected chi connectivity index (χ1v) is 7.84. The van der Waals surface area contributed by atoms with E-state index in [1.807, 2.05) is 6.92 Å². The van der Waals surface area contributed by atoms with Crippen LogP contribution >= 0.6 is 11.3 Å². The van der Waals surface area contributed by atoms with Gasteiger partial charge in [0.1, 0.15) is 5.01 Å². The Morgan fingerprint density at radius 2 is 2.26 bits per heavy atom. The van der Waals surface area contributed by atoms with E-state index >= 15 is 0 Å². The topological polar surface area (TPSA) is 50.9 Å². The van der Waals surface area contributed by atoms with Crippen molar-refractivity contribution in [3.63, 3.8) is 0 Å². The zero-order valence-electron chi connectivity index (χ0n) is 11.5. The summed E-state index contributed by atoms with van der Waals surface area (Å²) >= 11 is 1.70. The third-order valence-electron chi connectivity index (χ3n) is 3.88. The molecule has 3 N–H and O–H groups in total. The summed E-state index contributed by atoms with van der Waals surface area (Å²) in [5, 5.41) is 4.66. The molecule has 1 aromatic carbocycles. The maximum atomic E-state index is 5.91. The van der Waals surface area contributed by atoms with Crippen molar-refractivity contribution in [2.45, 2.75) is 38.8 Å². The number of piperidine rings is 1. The van der Waals surface area contributed by atoms with Crippen LogP contribution in [-0.4, -0.2) is 11.5 Å². The summed E-state index contributed by atoms with van der Waals surface area (Å²) in [6, 6.07) is 7.16. The molecule has 3 atom stereocenters. The predicted molar refractivity (Wildman–Crippen MR) is 81.4 cm³/mol. The number of hydrogen-bond acceptors (Lipinski definition) is 4. The molecule has 1 aliphatic heterocycles. The molecule has 0 aliphatic carbocycles. The highest BCUT2D eigenvalue weighted by Crippen LogP contribution is 2.31. The molecule has 1 unspecified atom stereocenters. The van der Waals surface area contributed by atoms with Crippen molar-refractivity contribution in [2.75, 3.05) is 6.54 Å². The van der Waals surface area contributed by atoms with Gasteiger partial charge in [-0.15, -0.1) is 11.3 Å². The van der Waals surface area contributed by atoms with Crippen LogP contribution in [0.4, 0.5) is 0 Å². The lowest BCUT2D eigenvalue weighted by atomic mass is 9.92. The molecule has 1 aliphatic rings. The van der Waals surface area contributed by atoms with Crippen LogP contribution in [-0.2, 0) is 0 Å². The number of thiazole rings is 1. The normalized spacial score (nSPS) is 25.6. The van der Waals surface area contributed by atoms with Gasteiger partial charge in [-0.25, -0.2) is 4.98 Å². The molecule has 3 rings (SSSR count). The molecular weight excluding hydrogens is 254 g/mol. The van der Waals surface area contributed by atoms with Crippen LogP contribution in [0.3, 0.4) is 0 Å². The van der Waals surface area contributed by atoms with Crippen molar-refractivity contribution >= 4 is 21.6 Å². The van der Waals surface area contributed by atoms with Crippen molar-refractivity contribution in [1.29, 1.82) is 0 Å². The van der Waals surface area contributed by atoms with Crippen molar-refractivity contribution < 1.29 is 0 Å². The maximum Gasteiger partial charge on any atom is 0.110 e. The second-order valence-electron chi connectivity index (χ2n) is 5.71. The van der Waals surface area contributed by atoms with Gasteiger partial charge in [0.15, 0.2) is 0 Å². The molecule has 1 aromatic heterocycles. The lowest BCUT2D eigenvalue weighted by molar-refractivity contribution is 0.333. The van der Waals surface area contributed by atoms with E-state index in [2.05, 4.69) is 35.4 Å². The Morgan fingerprint density at radius 3 is 2.95 bits per heavy atom. The average molecular weight is 275 g/mol. The Balaban J connectivity index is 1.88. The minimum absolute atomic E-state index is 0.0227. The third kappa shape index (κ3) is 2.66. The summed E-state index contributed by atoms with van der Waals surface area (Å²) in [6.45, 7) is 5.41. The van der Waals surface area contributed by atoms with Crippen molar-refractivity contribution in [2.24, 2.45) is 11.7 Å². The smallest absolute Gasteiger partial charge is 0.110 e. The zero-order chi connectivity index (χ0) is 13.4. The van der Waals surface area contributed by atoms with E-state index in [9.17, 15) is 0 Å². The number of fused-ring (bicyclic) bond motifs is 1. The van der Waals surface area contributed by atoms with Crippen LogP contribution in [0.5, 0.6) is 0 Å². The van der Waals surface area contributed by atoms with Crippen LogP contribution in [0.1, 0.15) is 49.3 Å². The van der Waals surface area contributed by atoms with Gasteiger partial charge >= 0.3 is 0 Å². The van der Waals surface area contributed by atoms with Gasteiger partial charge in [0, 0.05) is 6.04 Å². The van der Waals surface area contributed by atoms with E-state index in [4.69, 9.17) is 5.73 Å². The molecular formula is C15H21N3S. The van der Waals surface area contributed by atoms with Gasteiger partial charge in [-0.2, -0.15) is 0 Å². The van der Waals surface area contributed by atoms with Gasteiger partial charge in [-0.05, 0) is 49.9 Å². The molecule has 0 amide bonds. The van der Waals surface area contributed by atoms with Gasteiger partial charge in [0.2, 0.25) is 0 Å². The molecule has 0 spiro atoms. The highest BCUT2D eigenvalue weighted by atomic mass is 32.1. The fraction of sp³-hybridized carbons (Fsp3) is 0.533. The molecule has 3 nitrogen and oxygen atoms in total. The number of hydrogen-bond donors (Lipinski definition) is 2. The minimum Gasteiger partial charge on any atom is -0.322 e. The van der Waals surface area contributed by atoms with E-state index in [0.717, 1.165) is 23.0 Å². The molecule has 102 valence electrons. The molecule has 4 heteroatoms. The van der Waals surface area contributed by atoms with Gasteiger partial charge in [0.25, 0.3) is 0 Å². The number of nitrogens with two attached hydrogens (primary N) is 1. The number of nitrogens with one attached hydrogen (secondary N) is 1. The monoisotopic (exact) mass is 275 g/mol. The number of benzene rings is 1. The fourth-order valence-corrected chi connectivity index (χ4v) is 3.56. The largest absolute Gasteiger partial charge is 0.322 e. The lowest BCUT2D eigenvalue weighted by Gasteiger charge is -2.28. The first kappa shape index (κ1) is 13.0. The Morgan fingerprint density at radius 1 is 1.42 bits per heavy atom. The summed E-state index contributed by atoms with van der Waals surface area (Å²) in [6.07, 6.45) is 2.52. The summed E-state index contributed by atoms with van der Waals surface area (Å²) in [7, 11) is 0. The van der Waals surface area contributed by atoms with Crippen LogP contribution in [0.25, 0.3) is 10.2 Å². The molecule has 1 saturated heterocycles. The van der Waals surface area contributed by atoms with E-state index in [0.29, 0.717) is 6.04 Å². The van der Waals surface area contributed by atoms with Gasteiger partial charge in [-0.3, -0.25) is 0 Å². The zero-order valence-corrected chi connectivity index (χ0v) is 12.3. The summed E-state index contributed by atoms with van der Waals surface area (Å²) in [4.78, 5) is 4.65. The molecule has 19 heavy (non-hydrogen) atoms. The fourth-order valence-electron chi connectivity index (χ4n) is 2.66. The molecule has 0 bridgehead atoms. The lowest BCUT2D eigenvalue weighted by Crippen LogP contribution is -2.31. The highest BCUT2D eigenvalue weighted by molar-refractivity contribution is 7.18. The molecule has 0 saturated carbocycles. The quantitative estimate of drug-likeness (QED) is 0.883. The van der Waals surface area contributed by atoms with E-state index < -0.39 is 0 Å². The number of nitrogens with zero attached hydrogens (tertiary/aromatic N) is 1. The number of aromatic nitrogens is 1. The van der Waals surface area contributed by atoms with Gasteiger partial charge < -0.3 is 11.1 Å². The van der Waals surface area contributed by atoms with Crippen LogP contribution in [0.2, 0.25) is 0 Å². The third-order valence-corrected chi connectivity index (χ3v) is 5.12. The number of rotatable bonds is 2. The average Bonchev–Trinajstić information content (AvgIpc) is 2.82. The summed E-state index contributed by atoms with van der Waals surface area (Å²) in [5.41, 5.74) is 8.36. The van der Waals surface area contributed by atoms with Gasteiger partial charge in [0.05, 0.1) is 16.3 Å².